The number of carboxylic acids is 1. The molecule has 3 nitrogen and oxygen atoms in total. The van der Waals surface area contributed by atoms with Crippen LogP contribution in [0.1, 0.15) is 51.4 Å². The quantitative estimate of drug-likeness (QED) is 0.600. The maximum absolute atomic E-state index is 10.2. The van der Waals surface area contributed by atoms with Gasteiger partial charge >= 0.3 is 5.97 Å². The van der Waals surface area contributed by atoms with Crippen LogP contribution in [0, 0.1) is 5.92 Å². The van der Waals surface area contributed by atoms with Gasteiger partial charge in [-0.15, -0.1) is 0 Å². The largest absolute Gasteiger partial charge is 0.481 e. The summed E-state index contributed by atoms with van der Waals surface area (Å²) in [6.07, 6.45) is 8.44. The average molecular weight is 214 g/mol. The average Bonchev–Trinajstić information content (AvgIpc) is 2.12. The third kappa shape index (κ3) is 6.50. The Morgan fingerprint density at radius 2 is 2.00 bits per heavy atom. The molecular weight excluding hydrogens is 192 g/mol. The molecule has 1 aliphatic rings. The number of aliphatic carboxylic acids is 1. The maximum atomic E-state index is 10.2. The molecule has 1 saturated carbocycles. The molecule has 15 heavy (non-hydrogen) atoms. The van der Waals surface area contributed by atoms with Gasteiger partial charge in [-0.05, 0) is 25.2 Å². The molecule has 0 aromatic carbocycles. The van der Waals surface area contributed by atoms with E-state index in [9.17, 15) is 4.79 Å². The Balaban J connectivity index is 1.71. The summed E-state index contributed by atoms with van der Waals surface area (Å²) < 4.78 is 5.50. The van der Waals surface area contributed by atoms with Gasteiger partial charge in [-0.3, -0.25) is 4.79 Å². The van der Waals surface area contributed by atoms with Crippen molar-refractivity contribution in [3.05, 3.63) is 0 Å². The van der Waals surface area contributed by atoms with Crippen molar-refractivity contribution in [1.29, 1.82) is 0 Å². The number of unbranched alkanes of at least 4 members (excludes halogenated alkanes) is 2. The van der Waals surface area contributed by atoms with Gasteiger partial charge in [0.1, 0.15) is 0 Å². The minimum absolute atomic E-state index is 0.294. The highest BCUT2D eigenvalue weighted by molar-refractivity contribution is 5.66. The van der Waals surface area contributed by atoms with E-state index in [0.29, 0.717) is 6.42 Å². The van der Waals surface area contributed by atoms with Crippen molar-refractivity contribution in [1.82, 2.24) is 0 Å². The predicted molar refractivity (Wildman–Crippen MR) is 58.9 cm³/mol. The Kier molecular flexibility index (Phi) is 6.41. The molecule has 1 aliphatic carbocycles. The normalized spacial score (nSPS) is 16.3. The maximum Gasteiger partial charge on any atom is 0.303 e. The van der Waals surface area contributed by atoms with Gasteiger partial charge in [0.15, 0.2) is 0 Å². The fourth-order valence-corrected chi connectivity index (χ4v) is 1.79. The molecule has 3 heteroatoms. The predicted octanol–water partition coefficient (Wildman–Crippen LogP) is 2.84. The van der Waals surface area contributed by atoms with Crippen molar-refractivity contribution in [3.8, 4) is 0 Å². The van der Waals surface area contributed by atoms with Crippen molar-refractivity contribution < 1.29 is 14.6 Å². The number of hydrogen-bond donors (Lipinski definition) is 1. The van der Waals surface area contributed by atoms with Crippen LogP contribution in [0.15, 0.2) is 0 Å². The van der Waals surface area contributed by atoms with E-state index in [2.05, 4.69) is 0 Å². The Labute approximate surface area is 91.8 Å². The van der Waals surface area contributed by atoms with E-state index in [1.165, 1.54) is 25.7 Å². The smallest absolute Gasteiger partial charge is 0.303 e. The molecule has 0 saturated heterocycles. The van der Waals surface area contributed by atoms with Gasteiger partial charge in [-0.2, -0.15) is 0 Å². The van der Waals surface area contributed by atoms with E-state index >= 15 is 0 Å². The Bertz CT molecular complexity index is 176. The summed E-state index contributed by atoms with van der Waals surface area (Å²) in [5.74, 6) is 0.234. The van der Waals surface area contributed by atoms with Gasteiger partial charge in [-0.1, -0.05) is 25.7 Å². The van der Waals surface area contributed by atoms with Gasteiger partial charge in [0.05, 0.1) is 0 Å². The molecule has 1 fully saturated rings. The minimum atomic E-state index is -0.694. The van der Waals surface area contributed by atoms with Crippen LogP contribution in [0.4, 0.5) is 0 Å². The second-order valence-electron chi connectivity index (χ2n) is 4.40. The second kappa shape index (κ2) is 7.69. The van der Waals surface area contributed by atoms with Gasteiger partial charge in [0, 0.05) is 19.6 Å². The highest BCUT2D eigenvalue weighted by Crippen LogP contribution is 2.29. The van der Waals surface area contributed by atoms with E-state index in [1.54, 1.807) is 0 Å². The van der Waals surface area contributed by atoms with Crippen molar-refractivity contribution >= 4 is 5.97 Å². The molecule has 0 amide bonds. The standard InChI is InChI=1S/C12H22O3/c13-12(14)7-2-1-3-9-15-10-8-11-5-4-6-11/h11H,1-10H2,(H,13,14). The number of carbonyl (C=O) groups is 1. The molecule has 0 aromatic heterocycles. The van der Waals surface area contributed by atoms with Crippen molar-refractivity contribution in [2.24, 2.45) is 5.92 Å². The summed E-state index contributed by atoms with van der Waals surface area (Å²) in [6.45, 7) is 1.69. The summed E-state index contributed by atoms with van der Waals surface area (Å²) in [6, 6.07) is 0. The van der Waals surface area contributed by atoms with Gasteiger partial charge in [0.25, 0.3) is 0 Å². The van der Waals surface area contributed by atoms with Crippen molar-refractivity contribution in [2.45, 2.75) is 51.4 Å². The lowest BCUT2D eigenvalue weighted by molar-refractivity contribution is -0.137. The third-order valence-corrected chi connectivity index (χ3v) is 3.07. The number of ether oxygens (including phenoxy) is 1. The monoisotopic (exact) mass is 214 g/mol. The molecule has 0 aliphatic heterocycles. The van der Waals surface area contributed by atoms with E-state index in [4.69, 9.17) is 9.84 Å². The summed E-state index contributed by atoms with van der Waals surface area (Å²) in [7, 11) is 0. The lowest BCUT2D eigenvalue weighted by atomic mass is 9.83. The van der Waals surface area contributed by atoms with Gasteiger partial charge < -0.3 is 9.84 Å². The topological polar surface area (TPSA) is 46.5 Å². The van der Waals surface area contributed by atoms with Crippen molar-refractivity contribution in [2.75, 3.05) is 13.2 Å². The van der Waals surface area contributed by atoms with Crippen molar-refractivity contribution in [3.63, 3.8) is 0 Å². The lowest BCUT2D eigenvalue weighted by Crippen LogP contribution is -2.13. The van der Waals surface area contributed by atoms with E-state index < -0.39 is 5.97 Å². The Hall–Kier alpha value is -0.570. The summed E-state index contributed by atoms with van der Waals surface area (Å²) >= 11 is 0. The first kappa shape index (κ1) is 12.5. The highest BCUT2D eigenvalue weighted by atomic mass is 16.5. The molecular formula is C12H22O3. The molecule has 0 heterocycles. The zero-order valence-electron chi connectivity index (χ0n) is 9.41. The minimum Gasteiger partial charge on any atom is -0.481 e. The van der Waals surface area contributed by atoms with E-state index in [1.807, 2.05) is 0 Å². The van der Waals surface area contributed by atoms with Crippen LogP contribution in [0.3, 0.4) is 0 Å². The Morgan fingerprint density at radius 1 is 1.20 bits per heavy atom. The van der Waals surface area contributed by atoms with Crippen LogP contribution in [-0.2, 0) is 9.53 Å². The zero-order valence-corrected chi connectivity index (χ0v) is 9.41. The van der Waals surface area contributed by atoms with Crippen LogP contribution in [0.25, 0.3) is 0 Å². The second-order valence-corrected chi connectivity index (χ2v) is 4.40. The Morgan fingerprint density at radius 3 is 2.60 bits per heavy atom. The van der Waals surface area contributed by atoms with Crippen LogP contribution in [0.5, 0.6) is 0 Å². The third-order valence-electron chi connectivity index (χ3n) is 3.07. The number of hydrogen-bond acceptors (Lipinski definition) is 2. The van der Waals surface area contributed by atoms with Crippen LogP contribution < -0.4 is 0 Å². The fourth-order valence-electron chi connectivity index (χ4n) is 1.79. The molecule has 0 spiro atoms. The molecule has 1 rings (SSSR count). The van der Waals surface area contributed by atoms with E-state index in [-0.39, 0.29) is 0 Å². The van der Waals surface area contributed by atoms with Gasteiger partial charge in [0.2, 0.25) is 0 Å². The molecule has 0 bridgehead atoms. The summed E-state index contributed by atoms with van der Waals surface area (Å²) in [5.41, 5.74) is 0. The number of rotatable bonds is 9. The first-order chi connectivity index (χ1) is 7.29. The van der Waals surface area contributed by atoms with Gasteiger partial charge in [-0.25, -0.2) is 0 Å². The van der Waals surface area contributed by atoms with E-state index in [0.717, 1.165) is 38.4 Å². The SMILES string of the molecule is O=C(O)CCCCCOCCC1CCC1. The molecule has 88 valence electrons. The molecule has 1 N–H and O–H groups in total. The lowest BCUT2D eigenvalue weighted by Gasteiger charge is -2.24. The molecule has 0 unspecified atom stereocenters. The highest BCUT2D eigenvalue weighted by Gasteiger charge is 2.16. The molecule has 0 radical (unpaired) electrons. The summed E-state index contributed by atoms with van der Waals surface area (Å²) in [4.78, 5) is 10.2. The van der Waals surface area contributed by atoms with Crippen LogP contribution in [-0.4, -0.2) is 24.3 Å². The first-order valence-corrected chi connectivity index (χ1v) is 6.08. The first-order valence-electron chi connectivity index (χ1n) is 6.08. The fraction of sp³-hybridized carbons (Fsp3) is 0.917. The van der Waals surface area contributed by atoms with Crippen LogP contribution >= 0.6 is 0 Å². The molecule has 0 atom stereocenters. The van der Waals surface area contributed by atoms with Crippen LogP contribution in [0.2, 0.25) is 0 Å². The molecule has 0 aromatic rings. The summed E-state index contributed by atoms with van der Waals surface area (Å²) in [5, 5.41) is 8.42. The zero-order chi connectivity index (χ0) is 10.9. The number of carboxylic acid groups (broad SMARTS) is 1.